The van der Waals surface area contributed by atoms with Crippen molar-refractivity contribution in [3.05, 3.63) is 48.2 Å². The Balaban J connectivity index is 1.32. The lowest BCUT2D eigenvalue weighted by atomic mass is 10.1. The summed E-state index contributed by atoms with van der Waals surface area (Å²) in [7, 11) is 0. The maximum atomic E-state index is 12.7. The number of fused-ring (bicyclic) bond motifs is 1. The Morgan fingerprint density at radius 1 is 1.12 bits per heavy atom. The molecule has 3 heterocycles. The van der Waals surface area contributed by atoms with Crippen molar-refractivity contribution >= 4 is 23.3 Å². The fourth-order valence-electron chi connectivity index (χ4n) is 3.88. The summed E-state index contributed by atoms with van der Waals surface area (Å²) < 4.78 is 43.7. The lowest BCUT2D eigenvalue weighted by molar-refractivity contribution is -0.138. The van der Waals surface area contributed by atoms with Crippen LogP contribution in [0.2, 0.25) is 0 Å². The van der Waals surface area contributed by atoms with E-state index in [1.807, 2.05) is 17.0 Å². The second-order valence-electron chi connectivity index (χ2n) is 7.74. The summed E-state index contributed by atoms with van der Waals surface area (Å²) in [6, 6.07) is 9.59. The molecule has 1 saturated heterocycles. The van der Waals surface area contributed by atoms with E-state index in [1.54, 1.807) is 28.9 Å². The molecule has 2 aliphatic heterocycles. The first-order valence-electron chi connectivity index (χ1n) is 10.4. The van der Waals surface area contributed by atoms with E-state index in [0.717, 1.165) is 12.3 Å². The molecule has 7 nitrogen and oxygen atoms in total. The standard InChI is InChI=1S/C22H23F3N4O3/c1-15-21(31)29(17-4-2-3-5-18(17)32-15)9-8-20(30)28-12-10-27(11-13-28)19-7-6-16(14-26-19)22(23,24)25/h2-7,14-15H,8-13H2,1H3/t15-/m0/s1. The molecule has 0 bridgehead atoms. The summed E-state index contributed by atoms with van der Waals surface area (Å²) in [6.07, 6.45) is -4.03. The summed E-state index contributed by atoms with van der Waals surface area (Å²) in [5.41, 5.74) is -0.134. The Kier molecular flexibility index (Phi) is 5.94. The Morgan fingerprint density at radius 2 is 1.84 bits per heavy atom. The number of para-hydroxylation sites is 2. The van der Waals surface area contributed by atoms with Crippen LogP contribution in [0.15, 0.2) is 42.6 Å². The van der Waals surface area contributed by atoms with Gasteiger partial charge in [0.05, 0.1) is 11.3 Å². The van der Waals surface area contributed by atoms with Gasteiger partial charge in [-0.25, -0.2) is 4.98 Å². The summed E-state index contributed by atoms with van der Waals surface area (Å²) in [5, 5.41) is 0. The van der Waals surface area contributed by atoms with Crippen LogP contribution in [-0.2, 0) is 15.8 Å². The van der Waals surface area contributed by atoms with Gasteiger partial charge in [-0.3, -0.25) is 9.59 Å². The van der Waals surface area contributed by atoms with Gasteiger partial charge >= 0.3 is 6.18 Å². The first-order chi connectivity index (χ1) is 15.2. The van der Waals surface area contributed by atoms with E-state index in [-0.39, 0.29) is 24.8 Å². The molecule has 2 aliphatic rings. The summed E-state index contributed by atoms with van der Waals surface area (Å²) in [6.45, 7) is 3.75. The van der Waals surface area contributed by atoms with Crippen LogP contribution in [0.3, 0.4) is 0 Å². The van der Waals surface area contributed by atoms with Crippen molar-refractivity contribution in [3.63, 3.8) is 0 Å². The monoisotopic (exact) mass is 448 g/mol. The predicted molar refractivity (Wildman–Crippen MR) is 112 cm³/mol. The first kappa shape index (κ1) is 21.9. The van der Waals surface area contributed by atoms with Crippen molar-refractivity contribution in [1.29, 1.82) is 0 Å². The topological polar surface area (TPSA) is 66.0 Å². The van der Waals surface area contributed by atoms with Crippen LogP contribution in [-0.4, -0.2) is 60.5 Å². The molecule has 0 unspecified atom stereocenters. The van der Waals surface area contributed by atoms with Gasteiger partial charge in [-0.15, -0.1) is 0 Å². The molecule has 2 amide bonds. The third kappa shape index (κ3) is 4.49. The second kappa shape index (κ2) is 8.68. The molecule has 0 radical (unpaired) electrons. The molecule has 0 N–H and O–H groups in total. The zero-order valence-corrected chi connectivity index (χ0v) is 17.5. The van der Waals surface area contributed by atoms with E-state index in [2.05, 4.69) is 4.98 Å². The number of rotatable bonds is 4. The zero-order chi connectivity index (χ0) is 22.9. The third-order valence-electron chi connectivity index (χ3n) is 5.65. The first-order valence-corrected chi connectivity index (χ1v) is 10.4. The number of anilines is 2. The number of pyridine rings is 1. The number of aromatic nitrogens is 1. The lowest BCUT2D eigenvalue weighted by Gasteiger charge is -2.36. The van der Waals surface area contributed by atoms with Gasteiger partial charge in [0.25, 0.3) is 5.91 Å². The Hall–Kier alpha value is -3.30. The summed E-state index contributed by atoms with van der Waals surface area (Å²) in [4.78, 5) is 34.4. The normalized spacial score (nSPS) is 18.9. The summed E-state index contributed by atoms with van der Waals surface area (Å²) >= 11 is 0. The highest BCUT2D eigenvalue weighted by Gasteiger charge is 2.33. The maximum absolute atomic E-state index is 12.7. The second-order valence-corrected chi connectivity index (χ2v) is 7.74. The highest BCUT2D eigenvalue weighted by atomic mass is 19.4. The van der Waals surface area contributed by atoms with Crippen LogP contribution < -0.4 is 14.5 Å². The molecule has 1 aromatic carbocycles. The van der Waals surface area contributed by atoms with Gasteiger partial charge in [0.15, 0.2) is 6.10 Å². The largest absolute Gasteiger partial charge is 0.479 e. The average molecular weight is 448 g/mol. The van der Waals surface area contributed by atoms with Crippen LogP contribution in [0.25, 0.3) is 0 Å². The number of carbonyl (C=O) groups is 2. The van der Waals surface area contributed by atoms with Gasteiger partial charge in [-0.05, 0) is 31.2 Å². The molecule has 4 rings (SSSR count). The maximum Gasteiger partial charge on any atom is 0.417 e. The minimum absolute atomic E-state index is 0.0746. The minimum atomic E-state index is -4.42. The Labute approximate surface area is 183 Å². The SMILES string of the molecule is C[C@@H]1Oc2ccccc2N(CCC(=O)N2CCN(c3ccc(C(F)(F)F)cn3)CC2)C1=O. The van der Waals surface area contributed by atoms with Crippen molar-refractivity contribution in [2.24, 2.45) is 0 Å². The number of piperazine rings is 1. The van der Waals surface area contributed by atoms with Gasteiger partial charge in [-0.1, -0.05) is 12.1 Å². The van der Waals surface area contributed by atoms with Crippen LogP contribution in [0.1, 0.15) is 18.9 Å². The molecular weight excluding hydrogens is 425 g/mol. The fraction of sp³-hybridized carbons (Fsp3) is 0.409. The predicted octanol–water partition coefficient (Wildman–Crippen LogP) is 2.95. The van der Waals surface area contributed by atoms with Crippen LogP contribution in [0, 0.1) is 0 Å². The highest BCUT2D eigenvalue weighted by molar-refractivity contribution is 6.00. The van der Waals surface area contributed by atoms with Gasteiger partial charge < -0.3 is 19.4 Å². The lowest BCUT2D eigenvalue weighted by Crippen LogP contribution is -2.50. The molecule has 2 aromatic rings. The van der Waals surface area contributed by atoms with E-state index >= 15 is 0 Å². The van der Waals surface area contributed by atoms with Crippen molar-refractivity contribution < 1.29 is 27.5 Å². The van der Waals surface area contributed by atoms with Crippen LogP contribution in [0.5, 0.6) is 5.75 Å². The van der Waals surface area contributed by atoms with E-state index in [0.29, 0.717) is 43.4 Å². The Morgan fingerprint density at radius 3 is 2.50 bits per heavy atom. The van der Waals surface area contributed by atoms with Crippen LogP contribution >= 0.6 is 0 Å². The number of carbonyl (C=O) groups excluding carboxylic acids is 2. The molecule has 0 saturated carbocycles. The number of halogens is 3. The number of benzene rings is 1. The number of amides is 2. The fourth-order valence-corrected chi connectivity index (χ4v) is 3.88. The minimum Gasteiger partial charge on any atom is -0.479 e. The molecule has 170 valence electrons. The summed E-state index contributed by atoms with van der Waals surface area (Å²) in [5.74, 6) is 0.809. The molecule has 10 heteroatoms. The van der Waals surface area contributed by atoms with E-state index in [4.69, 9.17) is 4.74 Å². The van der Waals surface area contributed by atoms with Crippen molar-refractivity contribution in [2.45, 2.75) is 25.6 Å². The number of ether oxygens (including phenoxy) is 1. The van der Waals surface area contributed by atoms with E-state index in [1.165, 1.54) is 6.07 Å². The Bertz CT molecular complexity index is 989. The van der Waals surface area contributed by atoms with Crippen molar-refractivity contribution in [2.75, 3.05) is 42.5 Å². The van der Waals surface area contributed by atoms with Gasteiger partial charge in [0.2, 0.25) is 5.91 Å². The number of hydrogen-bond donors (Lipinski definition) is 0. The van der Waals surface area contributed by atoms with Crippen molar-refractivity contribution in [3.8, 4) is 5.75 Å². The number of hydrogen-bond acceptors (Lipinski definition) is 5. The quantitative estimate of drug-likeness (QED) is 0.720. The highest BCUT2D eigenvalue weighted by Crippen LogP contribution is 2.34. The molecule has 0 spiro atoms. The molecule has 1 aromatic heterocycles. The molecule has 1 fully saturated rings. The smallest absolute Gasteiger partial charge is 0.417 e. The van der Waals surface area contributed by atoms with E-state index in [9.17, 15) is 22.8 Å². The molecule has 32 heavy (non-hydrogen) atoms. The van der Waals surface area contributed by atoms with Crippen LogP contribution in [0.4, 0.5) is 24.7 Å². The third-order valence-corrected chi connectivity index (χ3v) is 5.65. The average Bonchev–Trinajstić information content (AvgIpc) is 2.79. The molecular formula is C22H23F3N4O3. The van der Waals surface area contributed by atoms with Gasteiger partial charge in [0.1, 0.15) is 11.6 Å². The van der Waals surface area contributed by atoms with E-state index < -0.39 is 17.8 Å². The van der Waals surface area contributed by atoms with Gasteiger partial charge in [-0.2, -0.15) is 13.2 Å². The van der Waals surface area contributed by atoms with Crippen molar-refractivity contribution in [1.82, 2.24) is 9.88 Å². The zero-order valence-electron chi connectivity index (χ0n) is 17.5. The number of alkyl halides is 3. The van der Waals surface area contributed by atoms with Gasteiger partial charge in [0, 0.05) is 45.3 Å². The molecule has 1 atom stereocenters. The molecule has 0 aliphatic carbocycles. The number of nitrogens with zero attached hydrogens (tertiary/aromatic N) is 4.